The number of likely N-dealkylation sites (tertiary alicyclic amines) is 1. The number of nitrogens with zero attached hydrogens (tertiary/aromatic N) is 1. The molecule has 108 valence electrons. The van der Waals surface area contributed by atoms with Gasteiger partial charge < -0.3 is 10.6 Å². The molecular weight excluding hydrogens is 246 g/mol. The molecule has 1 saturated carbocycles. The van der Waals surface area contributed by atoms with Crippen molar-refractivity contribution in [2.45, 2.75) is 50.9 Å². The number of hydrogen-bond donors (Lipinski definition) is 2. The summed E-state index contributed by atoms with van der Waals surface area (Å²) in [4.78, 5) is 2.68. The average Bonchev–Trinajstić information content (AvgIpc) is 3.24. The molecule has 1 aromatic rings. The van der Waals surface area contributed by atoms with E-state index in [0.29, 0.717) is 6.04 Å². The number of rotatable bonds is 4. The van der Waals surface area contributed by atoms with E-state index in [2.05, 4.69) is 33.7 Å². The molecule has 0 spiro atoms. The Labute approximate surface area is 121 Å². The van der Waals surface area contributed by atoms with Crippen LogP contribution in [0, 0.1) is 0 Å². The van der Waals surface area contributed by atoms with E-state index >= 15 is 0 Å². The minimum atomic E-state index is 0.702. The van der Waals surface area contributed by atoms with Crippen molar-refractivity contribution in [3.8, 4) is 0 Å². The first kappa shape index (κ1) is 12.8. The molecule has 0 radical (unpaired) electrons. The molecule has 1 saturated heterocycles. The van der Waals surface area contributed by atoms with Gasteiger partial charge in [-0.2, -0.15) is 0 Å². The second-order valence-corrected chi connectivity index (χ2v) is 6.57. The van der Waals surface area contributed by atoms with Crippen LogP contribution in [0.15, 0.2) is 18.2 Å². The summed E-state index contributed by atoms with van der Waals surface area (Å²) in [6.45, 7) is 5.79. The highest BCUT2D eigenvalue weighted by molar-refractivity contribution is 5.37. The summed E-state index contributed by atoms with van der Waals surface area (Å²) in [6, 6.07) is 8.43. The van der Waals surface area contributed by atoms with Crippen molar-refractivity contribution in [1.29, 1.82) is 0 Å². The fourth-order valence-electron chi connectivity index (χ4n) is 3.76. The Morgan fingerprint density at radius 2 is 2.20 bits per heavy atom. The molecule has 0 aromatic heterocycles. The van der Waals surface area contributed by atoms with Gasteiger partial charge in [0.25, 0.3) is 0 Å². The number of nitrogens with one attached hydrogen (secondary N) is 2. The molecule has 3 nitrogen and oxygen atoms in total. The molecule has 1 aromatic carbocycles. The van der Waals surface area contributed by atoms with Crippen molar-refractivity contribution in [2.24, 2.45) is 0 Å². The Morgan fingerprint density at radius 1 is 1.25 bits per heavy atom. The van der Waals surface area contributed by atoms with E-state index in [1.165, 1.54) is 49.9 Å². The van der Waals surface area contributed by atoms with Gasteiger partial charge in [0.15, 0.2) is 0 Å². The van der Waals surface area contributed by atoms with Crippen LogP contribution in [-0.4, -0.2) is 36.6 Å². The van der Waals surface area contributed by atoms with Crippen molar-refractivity contribution in [3.63, 3.8) is 0 Å². The zero-order chi connectivity index (χ0) is 13.4. The van der Waals surface area contributed by atoms with E-state index in [1.54, 1.807) is 5.56 Å². The smallest absolute Gasteiger partial charge is 0.0211 e. The van der Waals surface area contributed by atoms with E-state index in [1.807, 2.05) is 0 Å². The van der Waals surface area contributed by atoms with Crippen LogP contribution in [0.25, 0.3) is 0 Å². The maximum absolute atomic E-state index is 3.80. The molecule has 2 aliphatic heterocycles. The van der Waals surface area contributed by atoms with E-state index in [-0.39, 0.29) is 0 Å². The van der Waals surface area contributed by atoms with Crippen LogP contribution >= 0.6 is 0 Å². The van der Waals surface area contributed by atoms with E-state index < -0.39 is 0 Å². The molecular formula is C17H25N3. The van der Waals surface area contributed by atoms with Crippen molar-refractivity contribution >= 4 is 0 Å². The van der Waals surface area contributed by atoms with E-state index in [9.17, 15) is 0 Å². The van der Waals surface area contributed by atoms with Crippen LogP contribution in [0.5, 0.6) is 0 Å². The molecule has 2 N–H and O–H groups in total. The molecule has 2 heterocycles. The largest absolute Gasteiger partial charge is 0.312 e. The van der Waals surface area contributed by atoms with Gasteiger partial charge >= 0.3 is 0 Å². The Hall–Kier alpha value is -0.900. The van der Waals surface area contributed by atoms with Gasteiger partial charge in [0, 0.05) is 38.3 Å². The second kappa shape index (κ2) is 5.47. The van der Waals surface area contributed by atoms with Gasteiger partial charge in [-0.15, -0.1) is 0 Å². The molecule has 1 atom stereocenters. The first-order valence-corrected chi connectivity index (χ1v) is 8.18. The second-order valence-electron chi connectivity index (χ2n) is 6.57. The highest BCUT2D eigenvalue weighted by atomic mass is 15.2. The maximum atomic E-state index is 3.80. The van der Waals surface area contributed by atoms with Crippen molar-refractivity contribution in [1.82, 2.24) is 15.5 Å². The third-order valence-electron chi connectivity index (χ3n) is 5.10. The minimum absolute atomic E-state index is 0.702. The van der Waals surface area contributed by atoms with Crippen LogP contribution in [0.1, 0.15) is 36.0 Å². The Balaban J connectivity index is 1.37. The highest BCUT2D eigenvalue weighted by Crippen LogP contribution is 2.30. The van der Waals surface area contributed by atoms with Crippen LogP contribution in [0.3, 0.4) is 0 Å². The first-order chi connectivity index (χ1) is 9.90. The van der Waals surface area contributed by atoms with Crippen molar-refractivity contribution in [2.75, 3.05) is 19.6 Å². The quantitative estimate of drug-likeness (QED) is 0.872. The van der Waals surface area contributed by atoms with Crippen molar-refractivity contribution < 1.29 is 0 Å². The number of hydrogen-bond acceptors (Lipinski definition) is 3. The lowest BCUT2D eigenvalue weighted by Crippen LogP contribution is -2.33. The van der Waals surface area contributed by atoms with Gasteiger partial charge in [0.2, 0.25) is 0 Å². The van der Waals surface area contributed by atoms with Gasteiger partial charge in [-0.25, -0.2) is 0 Å². The summed E-state index contributed by atoms with van der Waals surface area (Å²) >= 11 is 0. The van der Waals surface area contributed by atoms with E-state index in [4.69, 9.17) is 0 Å². The Kier molecular flexibility index (Phi) is 3.51. The maximum Gasteiger partial charge on any atom is 0.0211 e. The van der Waals surface area contributed by atoms with E-state index in [0.717, 1.165) is 25.7 Å². The zero-order valence-corrected chi connectivity index (χ0v) is 12.2. The van der Waals surface area contributed by atoms with Gasteiger partial charge in [0.05, 0.1) is 0 Å². The van der Waals surface area contributed by atoms with Gasteiger partial charge in [-0.05, 0) is 48.9 Å². The summed E-state index contributed by atoms with van der Waals surface area (Å²) in [5.41, 5.74) is 4.62. The molecule has 3 heteroatoms. The topological polar surface area (TPSA) is 27.3 Å². The summed E-state index contributed by atoms with van der Waals surface area (Å²) in [6.07, 6.45) is 5.39. The summed E-state index contributed by atoms with van der Waals surface area (Å²) in [5.74, 6) is 0. The molecule has 0 bridgehead atoms. The Bertz CT molecular complexity index is 481. The fraction of sp³-hybridized carbons (Fsp3) is 0.647. The lowest BCUT2D eigenvalue weighted by atomic mass is 9.95. The number of benzene rings is 1. The molecule has 2 fully saturated rings. The van der Waals surface area contributed by atoms with Crippen LogP contribution < -0.4 is 10.6 Å². The normalized spacial score (nSPS) is 26.7. The highest BCUT2D eigenvalue weighted by Gasteiger charge is 2.34. The fourth-order valence-corrected chi connectivity index (χ4v) is 3.76. The summed E-state index contributed by atoms with van der Waals surface area (Å²) in [7, 11) is 0. The van der Waals surface area contributed by atoms with Crippen LogP contribution in [-0.2, 0) is 19.5 Å². The predicted octanol–water partition coefficient (Wildman–Crippen LogP) is 1.66. The molecule has 20 heavy (non-hydrogen) atoms. The lowest BCUT2D eigenvalue weighted by Gasteiger charge is -2.22. The molecule has 0 amide bonds. The molecule has 1 aliphatic carbocycles. The number of fused-ring (bicyclic) bond motifs is 1. The van der Waals surface area contributed by atoms with Gasteiger partial charge in [0.1, 0.15) is 0 Å². The average molecular weight is 271 g/mol. The van der Waals surface area contributed by atoms with Crippen molar-refractivity contribution in [3.05, 3.63) is 34.9 Å². The Morgan fingerprint density at radius 3 is 3.10 bits per heavy atom. The van der Waals surface area contributed by atoms with Crippen LogP contribution in [0.4, 0.5) is 0 Å². The first-order valence-electron chi connectivity index (χ1n) is 8.18. The predicted molar refractivity (Wildman–Crippen MR) is 81.7 cm³/mol. The third-order valence-corrected chi connectivity index (χ3v) is 5.10. The van der Waals surface area contributed by atoms with Gasteiger partial charge in [-0.3, -0.25) is 4.90 Å². The molecule has 4 rings (SSSR count). The molecule has 1 unspecified atom stereocenters. The lowest BCUT2D eigenvalue weighted by molar-refractivity contribution is 0.317. The van der Waals surface area contributed by atoms with Crippen LogP contribution in [0.2, 0.25) is 0 Å². The third kappa shape index (κ3) is 2.62. The summed E-state index contributed by atoms with van der Waals surface area (Å²) < 4.78 is 0. The summed E-state index contributed by atoms with van der Waals surface area (Å²) in [5, 5.41) is 7.26. The zero-order valence-electron chi connectivity index (χ0n) is 12.2. The monoisotopic (exact) mass is 271 g/mol. The standard InChI is InChI=1S/C17H25N3/c1-2-13-10-18-8-6-17(13)14(3-1)11-19-15-7-9-20(12-15)16-4-5-16/h1-3,15-16,18-19H,4-12H2. The minimum Gasteiger partial charge on any atom is -0.312 e. The SMILES string of the molecule is c1cc2c(c(CNC3CCN(C4CC4)C3)c1)CCNC2. The van der Waals surface area contributed by atoms with Gasteiger partial charge in [-0.1, -0.05) is 18.2 Å². The molecule has 3 aliphatic rings.